The van der Waals surface area contributed by atoms with E-state index in [1.807, 2.05) is 12.1 Å². The Labute approximate surface area is 92.8 Å². The van der Waals surface area contributed by atoms with E-state index in [0.29, 0.717) is 0 Å². The Hall–Kier alpha value is 0.540. The van der Waals surface area contributed by atoms with Gasteiger partial charge < -0.3 is 0 Å². The Kier molecular flexibility index (Phi) is 6.34. The molecule has 62 valence electrons. The molecule has 1 aromatic rings. The summed E-state index contributed by atoms with van der Waals surface area (Å²) in [6.45, 7) is 7.05. The van der Waals surface area contributed by atoms with E-state index in [0.717, 1.165) is 0 Å². The standard InChI is InChI=1S/C9H13Si.BrH.Zn/c1-10(2,3)9-7-5-4-6-8-9;;/h5-8H,1-3H3;1H;/q-1;;+2/p-1. The van der Waals surface area contributed by atoms with Gasteiger partial charge in [-0.1, -0.05) is 19.6 Å². The van der Waals surface area contributed by atoms with Gasteiger partial charge in [0, 0.05) is 0 Å². The number of benzene rings is 1. The van der Waals surface area contributed by atoms with Crippen molar-refractivity contribution in [2.45, 2.75) is 19.6 Å². The van der Waals surface area contributed by atoms with Gasteiger partial charge in [0.25, 0.3) is 0 Å². The molecule has 0 fully saturated rings. The fraction of sp³-hybridized carbons (Fsp3) is 0.333. The minimum atomic E-state index is -1.05. The maximum absolute atomic E-state index is 3.06. The molecule has 0 saturated carbocycles. The van der Waals surface area contributed by atoms with Crippen LogP contribution in [-0.4, -0.2) is 8.07 Å². The quantitative estimate of drug-likeness (QED) is 0.552. The summed E-state index contributed by atoms with van der Waals surface area (Å²) in [6, 6.07) is 11.4. The zero-order valence-corrected chi connectivity index (χ0v) is 13.4. The average molecular weight is 295 g/mol. The van der Waals surface area contributed by atoms with Crippen LogP contribution in [0, 0.1) is 6.07 Å². The van der Waals surface area contributed by atoms with Crippen molar-refractivity contribution < 1.29 is 16.3 Å². The molecule has 0 amide bonds. The van der Waals surface area contributed by atoms with Crippen LogP contribution in [0.25, 0.3) is 0 Å². The molecule has 0 aliphatic carbocycles. The van der Waals surface area contributed by atoms with E-state index in [1.54, 1.807) is 0 Å². The van der Waals surface area contributed by atoms with E-state index in [1.165, 1.54) is 21.5 Å². The van der Waals surface area contributed by atoms with Gasteiger partial charge in [0.1, 0.15) is 0 Å². The van der Waals surface area contributed by atoms with Crippen LogP contribution in [0.15, 0.2) is 24.3 Å². The van der Waals surface area contributed by atoms with Crippen molar-refractivity contribution >= 4 is 26.9 Å². The zero-order valence-electron chi connectivity index (χ0n) is 7.89. The second kappa shape index (κ2) is 6.06. The van der Waals surface area contributed by atoms with E-state index in [2.05, 4.69) is 51.5 Å². The van der Waals surface area contributed by atoms with Gasteiger partial charge >= 0.3 is 30.0 Å². The molecule has 1 aromatic carbocycles. The fourth-order valence-electron chi connectivity index (χ4n) is 0.887. The van der Waals surface area contributed by atoms with Crippen LogP contribution in [0.1, 0.15) is 0 Å². The zero-order chi connectivity index (χ0) is 9.61. The Morgan fingerprint density at radius 3 is 1.83 bits per heavy atom. The van der Waals surface area contributed by atoms with Crippen LogP contribution in [0.4, 0.5) is 0 Å². The molecule has 0 aromatic heterocycles. The predicted octanol–water partition coefficient (Wildman–Crippen LogP) is 2.88. The van der Waals surface area contributed by atoms with Gasteiger partial charge in [0.2, 0.25) is 0 Å². The van der Waals surface area contributed by atoms with E-state index in [-0.39, 0.29) is 0 Å². The summed E-state index contributed by atoms with van der Waals surface area (Å²) >= 11 is 4.25. The Bertz CT molecular complexity index is 206. The predicted molar refractivity (Wildman–Crippen MR) is 57.2 cm³/mol. The van der Waals surface area contributed by atoms with Crippen LogP contribution in [0.2, 0.25) is 19.6 Å². The Balaban J connectivity index is 0.000000561. The molecular weight excluding hydrogens is 281 g/mol. The van der Waals surface area contributed by atoms with Gasteiger partial charge in [-0.2, -0.15) is 35.5 Å². The van der Waals surface area contributed by atoms with E-state index >= 15 is 0 Å². The minimum absolute atomic E-state index is 1.05. The normalized spacial score (nSPS) is 10.2. The monoisotopic (exact) mass is 292 g/mol. The van der Waals surface area contributed by atoms with Crippen molar-refractivity contribution in [1.82, 2.24) is 0 Å². The topological polar surface area (TPSA) is 0 Å². The van der Waals surface area contributed by atoms with Gasteiger partial charge in [-0.25, -0.2) is 0 Å². The van der Waals surface area contributed by atoms with Gasteiger partial charge in [0.05, 0.1) is 8.07 Å². The summed E-state index contributed by atoms with van der Waals surface area (Å²) < 4.78 is 0. The fourth-order valence-corrected chi connectivity index (χ4v) is 2.05. The summed E-state index contributed by atoms with van der Waals surface area (Å²) in [5.74, 6) is 0. The van der Waals surface area contributed by atoms with Crippen LogP contribution >= 0.6 is 13.6 Å². The molecule has 0 N–H and O–H groups in total. The third kappa shape index (κ3) is 4.54. The maximum atomic E-state index is 3.06. The summed E-state index contributed by atoms with van der Waals surface area (Å²) in [5.41, 5.74) is 0. The molecule has 0 bridgehead atoms. The van der Waals surface area contributed by atoms with Crippen LogP contribution in [-0.2, 0) is 16.3 Å². The van der Waals surface area contributed by atoms with E-state index in [9.17, 15) is 0 Å². The molecule has 0 heterocycles. The van der Waals surface area contributed by atoms with E-state index < -0.39 is 8.07 Å². The first-order valence-electron chi connectivity index (χ1n) is 3.84. The van der Waals surface area contributed by atoms with Crippen molar-refractivity contribution in [3.8, 4) is 0 Å². The van der Waals surface area contributed by atoms with Gasteiger partial charge in [-0.15, -0.1) is 0 Å². The molecule has 0 aliphatic rings. The SMILES string of the molecule is C[Si](C)(C)c1cc[c-]cc1.[Zn+][Br]. The summed E-state index contributed by atoms with van der Waals surface area (Å²) in [4.78, 5) is 0. The molecule has 3 heteroatoms. The summed E-state index contributed by atoms with van der Waals surface area (Å²) in [6.07, 6.45) is 0. The number of hydrogen-bond acceptors (Lipinski definition) is 0. The van der Waals surface area contributed by atoms with Crippen LogP contribution in [0.3, 0.4) is 0 Å². The first-order valence-corrected chi connectivity index (χ1v) is 14.3. The molecule has 0 radical (unpaired) electrons. The molecule has 12 heavy (non-hydrogen) atoms. The molecule has 1 rings (SSSR count). The number of hydrogen-bond donors (Lipinski definition) is 0. The van der Waals surface area contributed by atoms with Gasteiger partial charge in [-0.05, 0) is 0 Å². The second-order valence-electron chi connectivity index (χ2n) is 3.54. The van der Waals surface area contributed by atoms with Crippen LogP contribution in [0.5, 0.6) is 0 Å². The molecule has 0 saturated heterocycles. The molecule has 0 spiro atoms. The summed E-state index contributed by atoms with van der Waals surface area (Å²) in [5, 5.41) is 1.51. The molecule has 0 atom stereocenters. The van der Waals surface area contributed by atoms with Crippen molar-refractivity contribution in [2.75, 3.05) is 0 Å². The molecule has 0 unspecified atom stereocenters. The Morgan fingerprint density at radius 2 is 1.58 bits per heavy atom. The molecule has 0 nitrogen and oxygen atoms in total. The van der Waals surface area contributed by atoms with Gasteiger partial charge in [0.15, 0.2) is 0 Å². The first-order chi connectivity index (χ1) is 5.61. The van der Waals surface area contributed by atoms with Gasteiger partial charge in [-0.3, -0.25) is 0 Å². The van der Waals surface area contributed by atoms with Crippen molar-refractivity contribution in [1.29, 1.82) is 0 Å². The number of halogens is 1. The van der Waals surface area contributed by atoms with Crippen molar-refractivity contribution in [3.63, 3.8) is 0 Å². The third-order valence-electron chi connectivity index (χ3n) is 1.58. The Morgan fingerprint density at radius 1 is 1.17 bits per heavy atom. The van der Waals surface area contributed by atoms with Crippen molar-refractivity contribution in [2.24, 2.45) is 0 Å². The van der Waals surface area contributed by atoms with Crippen LogP contribution < -0.4 is 5.19 Å². The molecule has 0 aliphatic heterocycles. The second-order valence-corrected chi connectivity index (χ2v) is 8.62. The summed E-state index contributed by atoms with van der Waals surface area (Å²) in [7, 11) is -1.05. The van der Waals surface area contributed by atoms with E-state index in [4.69, 9.17) is 0 Å². The van der Waals surface area contributed by atoms with Crippen molar-refractivity contribution in [3.05, 3.63) is 30.3 Å². The number of rotatable bonds is 1. The first kappa shape index (κ1) is 12.5. The molecular formula is C9H13BrSiZn. The third-order valence-corrected chi connectivity index (χ3v) is 3.65. The average Bonchev–Trinajstić information content (AvgIpc) is 2.08.